The molecule has 9 heteroatoms. The molecule has 1 aromatic heterocycles. The zero-order valence-electron chi connectivity index (χ0n) is 12.3. The minimum absolute atomic E-state index is 0.141. The van der Waals surface area contributed by atoms with Crippen LogP contribution in [0.4, 0.5) is 13.2 Å². The monoisotopic (exact) mass is 377 g/mol. The Kier molecular flexibility index (Phi) is 5.00. The van der Waals surface area contributed by atoms with Gasteiger partial charge < -0.3 is 0 Å². The number of hydrogen-bond donors (Lipinski definition) is 0. The Hall–Kier alpha value is -1.93. The summed E-state index contributed by atoms with van der Waals surface area (Å²) >= 11 is 5.40. The van der Waals surface area contributed by atoms with E-state index in [1.807, 2.05) is 0 Å². The van der Waals surface area contributed by atoms with Crippen LogP contribution in [0.3, 0.4) is 0 Å². The number of sulfone groups is 1. The molecule has 0 aliphatic heterocycles. The van der Waals surface area contributed by atoms with Crippen LogP contribution in [0.1, 0.15) is 23.0 Å². The lowest BCUT2D eigenvalue weighted by atomic mass is 10.1. The highest BCUT2D eigenvalue weighted by Gasteiger charge is 2.30. The van der Waals surface area contributed by atoms with E-state index >= 15 is 0 Å². The smallest absolute Gasteiger partial charge is 0.274 e. The van der Waals surface area contributed by atoms with E-state index in [9.17, 15) is 26.4 Å². The van der Waals surface area contributed by atoms with Crippen molar-refractivity contribution in [1.29, 1.82) is 0 Å². The third-order valence-electron chi connectivity index (χ3n) is 3.27. The second-order valence-electron chi connectivity index (χ2n) is 4.80. The predicted octanol–water partition coefficient (Wildman–Crippen LogP) is 3.94. The van der Waals surface area contributed by atoms with Gasteiger partial charge in [0.15, 0.2) is 9.84 Å². The lowest BCUT2D eigenvalue weighted by molar-refractivity contribution is -0.137. The van der Waals surface area contributed by atoms with Crippen molar-refractivity contribution in [3.8, 4) is 11.3 Å². The number of halogens is 4. The Bertz CT molecular complexity index is 878. The molecule has 1 aromatic carbocycles. The Balaban J connectivity index is 2.54. The summed E-state index contributed by atoms with van der Waals surface area (Å²) in [5.41, 5.74) is -0.841. The number of aromatic nitrogens is 1. The summed E-state index contributed by atoms with van der Waals surface area (Å²) in [7, 11) is -3.72. The SMILES string of the molecule is CCS(=O)(=O)c1ccc(-c2ccc(C(F)(F)F)cc2)nc1C(=O)Cl. The highest BCUT2D eigenvalue weighted by atomic mass is 35.5. The highest BCUT2D eigenvalue weighted by molar-refractivity contribution is 7.91. The van der Waals surface area contributed by atoms with Crippen LogP contribution >= 0.6 is 11.6 Å². The Morgan fingerprint density at radius 1 is 1.12 bits per heavy atom. The largest absolute Gasteiger partial charge is 0.416 e. The number of nitrogens with zero attached hydrogens (tertiary/aromatic N) is 1. The van der Waals surface area contributed by atoms with Crippen molar-refractivity contribution in [3.05, 3.63) is 47.7 Å². The molecule has 0 spiro atoms. The predicted molar refractivity (Wildman–Crippen MR) is 82.6 cm³/mol. The molecule has 2 rings (SSSR count). The Morgan fingerprint density at radius 2 is 1.71 bits per heavy atom. The van der Waals surface area contributed by atoms with E-state index in [4.69, 9.17) is 11.6 Å². The van der Waals surface area contributed by atoms with Gasteiger partial charge in [-0.2, -0.15) is 13.2 Å². The second-order valence-corrected chi connectivity index (χ2v) is 7.39. The molecule has 128 valence electrons. The summed E-state index contributed by atoms with van der Waals surface area (Å²) in [6, 6.07) is 6.60. The van der Waals surface area contributed by atoms with E-state index in [1.165, 1.54) is 31.2 Å². The standard InChI is InChI=1S/C15H11ClF3NO3S/c1-2-24(22,23)12-8-7-11(20-13(12)14(16)21)9-3-5-10(6-4-9)15(17,18)19/h3-8H,2H2,1H3. The summed E-state index contributed by atoms with van der Waals surface area (Å²) < 4.78 is 61.6. The lowest BCUT2D eigenvalue weighted by Gasteiger charge is -2.10. The van der Waals surface area contributed by atoms with Crippen LogP contribution in [0.2, 0.25) is 0 Å². The molecule has 1 heterocycles. The van der Waals surface area contributed by atoms with Gasteiger partial charge in [0.2, 0.25) is 0 Å². The van der Waals surface area contributed by atoms with Crippen molar-refractivity contribution < 1.29 is 26.4 Å². The first-order valence-electron chi connectivity index (χ1n) is 6.67. The number of carbonyl (C=O) groups excluding carboxylic acids is 1. The molecule has 0 saturated carbocycles. The fraction of sp³-hybridized carbons (Fsp3) is 0.200. The number of carbonyl (C=O) groups is 1. The van der Waals surface area contributed by atoms with Gasteiger partial charge in [-0.05, 0) is 35.9 Å². The quantitative estimate of drug-likeness (QED) is 0.757. The molecule has 0 aliphatic carbocycles. The maximum atomic E-state index is 12.6. The Morgan fingerprint density at radius 3 is 2.17 bits per heavy atom. The first kappa shape index (κ1) is 18.4. The van der Waals surface area contributed by atoms with Crippen LogP contribution in [0, 0.1) is 0 Å². The molecule has 4 nitrogen and oxygen atoms in total. The fourth-order valence-electron chi connectivity index (χ4n) is 1.98. The summed E-state index contributed by atoms with van der Waals surface area (Å²) in [6.45, 7) is 1.40. The van der Waals surface area contributed by atoms with Crippen molar-refractivity contribution >= 4 is 26.7 Å². The summed E-state index contributed by atoms with van der Waals surface area (Å²) in [6.07, 6.45) is -4.47. The fourth-order valence-corrected chi connectivity index (χ4v) is 3.20. The normalized spacial score (nSPS) is 12.2. The molecule has 0 amide bonds. The summed E-state index contributed by atoms with van der Waals surface area (Å²) in [5.74, 6) is -0.245. The zero-order chi connectivity index (χ0) is 18.1. The van der Waals surface area contributed by atoms with Crippen LogP contribution in [0.25, 0.3) is 11.3 Å². The van der Waals surface area contributed by atoms with E-state index in [0.29, 0.717) is 5.56 Å². The third-order valence-corrected chi connectivity index (χ3v) is 5.21. The van der Waals surface area contributed by atoms with Crippen molar-refractivity contribution in [2.45, 2.75) is 18.0 Å². The van der Waals surface area contributed by atoms with Gasteiger partial charge >= 0.3 is 6.18 Å². The van der Waals surface area contributed by atoms with Crippen molar-refractivity contribution in [2.75, 3.05) is 5.75 Å². The number of alkyl halides is 3. The van der Waals surface area contributed by atoms with Gasteiger partial charge in [-0.1, -0.05) is 19.1 Å². The van der Waals surface area contributed by atoms with Crippen LogP contribution in [-0.2, 0) is 16.0 Å². The molecule has 24 heavy (non-hydrogen) atoms. The van der Waals surface area contributed by atoms with Gasteiger partial charge in [-0.3, -0.25) is 4.79 Å². The average Bonchev–Trinajstić information content (AvgIpc) is 2.53. The van der Waals surface area contributed by atoms with Gasteiger partial charge in [0.05, 0.1) is 21.9 Å². The molecule has 0 fully saturated rings. The minimum Gasteiger partial charge on any atom is -0.274 e. The maximum absolute atomic E-state index is 12.6. The number of rotatable bonds is 4. The van der Waals surface area contributed by atoms with Crippen LogP contribution < -0.4 is 0 Å². The van der Waals surface area contributed by atoms with E-state index in [1.54, 1.807) is 0 Å². The van der Waals surface area contributed by atoms with E-state index < -0.39 is 32.5 Å². The summed E-state index contributed by atoms with van der Waals surface area (Å²) in [4.78, 5) is 15.1. The van der Waals surface area contributed by atoms with E-state index in [0.717, 1.165) is 12.1 Å². The average molecular weight is 378 g/mol. The zero-order valence-corrected chi connectivity index (χ0v) is 13.8. The summed E-state index contributed by atoms with van der Waals surface area (Å²) in [5, 5.41) is -1.06. The Labute approximate surface area is 141 Å². The van der Waals surface area contributed by atoms with Crippen LogP contribution in [-0.4, -0.2) is 24.4 Å². The topological polar surface area (TPSA) is 64.1 Å². The third kappa shape index (κ3) is 3.76. The molecule has 0 N–H and O–H groups in total. The van der Waals surface area contributed by atoms with Gasteiger partial charge in [0, 0.05) is 5.56 Å². The second kappa shape index (κ2) is 6.52. The first-order chi connectivity index (χ1) is 11.1. The van der Waals surface area contributed by atoms with E-state index in [-0.39, 0.29) is 16.3 Å². The molecule has 0 saturated heterocycles. The molecule has 0 aliphatic rings. The molecular formula is C15H11ClF3NO3S. The van der Waals surface area contributed by atoms with Crippen LogP contribution in [0.5, 0.6) is 0 Å². The van der Waals surface area contributed by atoms with Gasteiger partial charge in [0.25, 0.3) is 5.24 Å². The van der Waals surface area contributed by atoms with Crippen molar-refractivity contribution in [3.63, 3.8) is 0 Å². The lowest BCUT2D eigenvalue weighted by Crippen LogP contribution is -2.11. The van der Waals surface area contributed by atoms with E-state index in [2.05, 4.69) is 4.98 Å². The first-order valence-corrected chi connectivity index (χ1v) is 8.70. The number of hydrogen-bond acceptors (Lipinski definition) is 4. The van der Waals surface area contributed by atoms with Crippen molar-refractivity contribution in [1.82, 2.24) is 4.98 Å². The highest BCUT2D eigenvalue weighted by Crippen LogP contribution is 2.31. The molecular weight excluding hydrogens is 367 g/mol. The number of benzene rings is 1. The van der Waals surface area contributed by atoms with Crippen molar-refractivity contribution in [2.24, 2.45) is 0 Å². The van der Waals surface area contributed by atoms with Crippen LogP contribution in [0.15, 0.2) is 41.3 Å². The molecule has 0 unspecified atom stereocenters. The number of pyridine rings is 1. The van der Waals surface area contributed by atoms with Gasteiger partial charge in [0.1, 0.15) is 5.69 Å². The minimum atomic E-state index is -4.47. The molecule has 0 atom stereocenters. The molecule has 0 radical (unpaired) electrons. The molecule has 2 aromatic rings. The maximum Gasteiger partial charge on any atom is 0.416 e. The molecule has 0 bridgehead atoms. The van der Waals surface area contributed by atoms with Gasteiger partial charge in [-0.15, -0.1) is 0 Å². The van der Waals surface area contributed by atoms with Gasteiger partial charge in [-0.25, -0.2) is 13.4 Å².